The van der Waals surface area contributed by atoms with E-state index < -0.39 is 0 Å². The number of hydrogen-bond donors (Lipinski definition) is 1. The fraction of sp³-hybridized carbons (Fsp3) is 0.438. The maximum atomic E-state index is 6.20. The van der Waals surface area contributed by atoms with Gasteiger partial charge >= 0.3 is 0 Å². The van der Waals surface area contributed by atoms with Gasteiger partial charge in [0.2, 0.25) is 0 Å². The minimum atomic E-state index is 0.594. The number of hydrogen-bond acceptors (Lipinski definition) is 5. The van der Waals surface area contributed by atoms with Crippen molar-refractivity contribution in [3.63, 3.8) is 0 Å². The van der Waals surface area contributed by atoms with Gasteiger partial charge in [0.05, 0.1) is 5.01 Å². The first-order valence-electron chi connectivity index (χ1n) is 7.47. The van der Waals surface area contributed by atoms with Crippen molar-refractivity contribution in [3.8, 4) is 22.8 Å². The van der Waals surface area contributed by atoms with Gasteiger partial charge in [-0.3, -0.25) is 0 Å². The Morgan fingerprint density at radius 2 is 1.86 bits per heavy atom. The molecule has 21 heavy (non-hydrogen) atoms. The van der Waals surface area contributed by atoms with Gasteiger partial charge in [-0.2, -0.15) is 0 Å². The topological polar surface area (TPSA) is 57.4 Å². The van der Waals surface area contributed by atoms with Crippen LogP contribution in [0.4, 0.5) is 5.00 Å². The molecule has 2 heterocycles. The van der Waals surface area contributed by atoms with Gasteiger partial charge in [-0.05, 0) is 31.0 Å². The summed E-state index contributed by atoms with van der Waals surface area (Å²) in [6.07, 6.45) is 5.11. The molecule has 0 saturated heterocycles. The van der Waals surface area contributed by atoms with Crippen molar-refractivity contribution in [2.75, 3.05) is 18.9 Å². The first-order valence-corrected chi connectivity index (χ1v) is 8.29. The molecule has 1 saturated carbocycles. The number of nitrogens with zero attached hydrogens (tertiary/aromatic N) is 1. The number of ether oxygens (including phenoxy) is 2. The summed E-state index contributed by atoms with van der Waals surface area (Å²) < 4.78 is 11.2. The summed E-state index contributed by atoms with van der Waals surface area (Å²) in [6, 6.07) is 5.94. The van der Waals surface area contributed by atoms with Crippen LogP contribution in [-0.2, 0) is 0 Å². The normalized spacial score (nSPS) is 18.1. The molecule has 1 aromatic carbocycles. The van der Waals surface area contributed by atoms with Crippen LogP contribution >= 0.6 is 11.3 Å². The Hall–Kier alpha value is -1.75. The number of nitrogens with two attached hydrogens (primary N) is 1. The maximum Gasteiger partial charge on any atom is 0.162 e. The lowest BCUT2D eigenvalue weighted by Gasteiger charge is -2.18. The van der Waals surface area contributed by atoms with E-state index in [2.05, 4.69) is 0 Å². The molecule has 1 aliphatic heterocycles. The first-order chi connectivity index (χ1) is 10.3. The summed E-state index contributed by atoms with van der Waals surface area (Å²) in [7, 11) is 0. The molecule has 0 spiro atoms. The van der Waals surface area contributed by atoms with Crippen molar-refractivity contribution in [1.29, 1.82) is 0 Å². The van der Waals surface area contributed by atoms with Crippen LogP contribution in [0.3, 0.4) is 0 Å². The Bertz CT molecular complexity index is 662. The third-order valence-electron chi connectivity index (χ3n) is 4.19. The summed E-state index contributed by atoms with van der Waals surface area (Å²) in [5, 5.41) is 1.99. The molecule has 2 aromatic rings. The average molecular weight is 302 g/mol. The molecule has 0 bridgehead atoms. The smallest absolute Gasteiger partial charge is 0.162 e. The Kier molecular flexibility index (Phi) is 3.22. The quantitative estimate of drug-likeness (QED) is 0.916. The van der Waals surface area contributed by atoms with Gasteiger partial charge in [-0.15, -0.1) is 11.3 Å². The summed E-state index contributed by atoms with van der Waals surface area (Å²) >= 11 is 1.64. The molecule has 0 unspecified atom stereocenters. The largest absolute Gasteiger partial charge is 0.486 e. The van der Waals surface area contributed by atoms with Crippen LogP contribution in [0.15, 0.2) is 18.2 Å². The lowest BCUT2D eigenvalue weighted by Crippen LogP contribution is -2.15. The van der Waals surface area contributed by atoms with Gasteiger partial charge in [-0.1, -0.05) is 12.8 Å². The van der Waals surface area contributed by atoms with Gasteiger partial charge in [0.1, 0.15) is 23.9 Å². The Balaban J connectivity index is 1.69. The molecule has 4 rings (SSSR count). The first kappa shape index (κ1) is 13.0. The van der Waals surface area contributed by atoms with Gasteiger partial charge < -0.3 is 15.2 Å². The van der Waals surface area contributed by atoms with Crippen molar-refractivity contribution in [2.24, 2.45) is 0 Å². The summed E-state index contributed by atoms with van der Waals surface area (Å²) in [5.41, 5.74) is 8.10. The van der Waals surface area contributed by atoms with Crippen molar-refractivity contribution in [1.82, 2.24) is 4.98 Å². The van der Waals surface area contributed by atoms with Gasteiger partial charge in [0.15, 0.2) is 11.5 Å². The standard InChI is InChI=1S/C16H18N2O2S/c17-15-14(18-16(21-15)10-3-1-2-4-10)11-5-6-12-13(9-11)20-8-7-19-12/h5-6,9-10H,1-4,7-8,17H2. The molecule has 110 valence electrons. The van der Waals surface area contributed by atoms with Gasteiger partial charge in [-0.25, -0.2) is 4.98 Å². The second-order valence-electron chi connectivity index (χ2n) is 5.60. The SMILES string of the molecule is Nc1sc(C2CCCC2)nc1-c1ccc2c(c1)OCCO2. The van der Waals surface area contributed by atoms with E-state index in [1.165, 1.54) is 30.7 Å². The zero-order valence-electron chi connectivity index (χ0n) is 11.8. The molecule has 5 heteroatoms. The summed E-state index contributed by atoms with van der Waals surface area (Å²) in [5.74, 6) is 2.19. The van der Waals surface area contributed by atoms with E-state index in [-0.39, 0.29) is 0 Å². The molecule has 0 amide bonds. The highest BCUT2D eigenvalue weighted by Gasteiger charge is 2.23. The van der Waals surface area contributed by atoms with Crippen LogP contribution < -0.4 is 15.2 Å². The van der Waals surface area contributed by atoms with Crippen LogP contribution in [0.5, 0.6) is 11.5 Å². The number of anilines is 1. The number of thiazole rings is 1. The van der Waals surface area contributed by atoms with E-state index in [1.807, 2.05) is 18.2 Å². The fourth-order valence-corrected chi connectivity index (χ4v) is 4.12. The zero-order valence-corrected chi connectivity index (χ0v) is 12.6. The van der Waals surface area contributed by atoms with Crippen LogP contribution in [0, 0.1) is 0 Å². The van der Waals surface area contributed by atoms with Crippen molar-refractivity contribution in [3.05, 3.63) is 23.2 Å². The number of nitrogen functional groups attached to an aromatic ring is 1. The predicted octanol–water partition coefficient (Wildman–Crippen LogP) is 3.82. The van der Waals surface area contributed by atoms with Crippen LogP contribution in [0.1, 0.15) is 36.6 Å². The highest BCUT2D eigenvalue weighted by Crippen LogP contribution is 2.42. The van der Waals surface area contributed by atoms with Crippen LogP contribution in [0.2, 0.25) is 0 Å². The van der Waals surface area contributed by atoms with Crippen LogP contribution in [-0.4, -0.2) is 18.2 Å². The van der Waals surface area contributed by atoms with Gasteiger partial charge in [0, 0.05) is 11.5 Å². The molecule has 1 aliphatic carbocycles. The molecule has 4 nitrogen and oxygen atoms in total. The van der Waals surface area contributed by atoms with Crippen molar-refractivity contribution >= 4 is 16.3 Å². The molecule has 0 radical (unpaired) electrons. The highest BCUT2D eigenvalue weighted by molar-refractivity contribution is 7.16. The van der Waals surface area contributed by atoms with Gasteiger partial charge in [0.25, 0.3) is 0 Å². The third kappa shape index (κ3) is 2.35. The lowest BCUT2D eigenvalue weighted by atomic mass is 10.1. The van der Waals surface area contributed by atoms with Crippen LogP contribution in [0.25, 0.3) is 11.3 Å². The van der Waals surface area contributed by atoms with E-state index in [1.54, 1.807) is 11.3 Å². The predicted molar refractivity (Wildman–Crippen MR) is 84.2 cm³/mol. The minimum absolute atomic E-state index is 0.594. The van der Waals surface area contributed by atoms with Crippen molar-refractivity contribution < 1.29 is 9.47 Å². The maximum absolute atomic E-state index is 6.20. The van der Waals surface area contributed by atoms with Crippen molar-refractivity contribution in [2.45, 2.75) is 31.6 Å². The van der Waals surface area contributed by atoms with E-state index >= 15 is 0 Å². The Labute approximate surface area is 127 Å². The molecule has 2 aliphatic rings. The van der Waals surface area contributed by atoms with E-state index in [0.717, 1.165) is 27.8 Å². The molecule has 0 atom stereocenters. The van der Waals surface area contributed by atoms with E-state index in [9.17, 15) is 0 Å². The van der Waals surface area contributed by atoms with E-state index in [4.69, 9.17) is 20.2 Å². The third-order valence-corrected chi connectivity index (χ3v) is 5.24. The summed E-state index contributed by atoms with van der Waals surface area (Å²) in [4.78, 5) is 4.81. The summed E-state index contributed by atoms with van der Waals surface area (Å²) in [6.45, 7) is 1.20. The molecular formula is C16H18N2O2S. The van der Waals surface area contributed by atoms with E-state index in [0.29, 0.717) is 19.1 Å². The zero-order chi connectivity index (χ0) is 14.2. The molecular weight excluding hydrogens is 284 g/mol. The second kappa shape index (κ2) is 5.22. The number of benzene rings is 1. The molecule has 2 N–H and O–H groups in total. The molecule has 1 fully saturated rings. The average Bonchev–Trinajstić information content (AvgIpc) is 3.16. The number of aromatic nitrogens is 1. The Morgan fingerprint density at radius 3 is 2.67 bits per heavy atom. The number of rotatable bonds is 2. The Morgan fingerprint density at radius 1 is 1.10 bits per heavy atom. The highest BCUT2D eigenvalue weighted by atomic mass is 32.1. The molecule has 1 aromatic heterocycles. The minimum Gasteiger partial charge on any atom is -0.486 e. The monoisotopic (exact) mass is 302 g/mol. The number of fused-ring (bicyclic) bond motifs is 1. The fourth-order valence-electron chi connectivity index (χ4n) is 3.09. The second-order valence-corrected chi connectivity index (χ2v) is 6.67. The lowest BCUT2D eigenvalue weighted by molar-refractivity contribution is 0.171.